The summed E-state index contributed by atoms with van der Waals surface area (Å²) in [5.74, 6) is -0.939. The molecule has 9 heteroatoms. The Morgan fingerprint density at radius 1 is 1.31 bits per heavy atom. The van der Waals surface area contributed by atoms with Gasteiger partial charge < -0.3 is 20.0 Å². The SMILES string of the molecule is COc1cc([N+](=O)[O-])cc(CNNc2ccccc2)c1OC(C)C(=O)O. The number of nitro groups is 1. The van der Waals surface area contributed by atoms with E-state index in [0.717, 1.165) is 5.69 Å². The van der Waals surface area contributed by atoms with E-state index in [-0.39, 0.29) is 23.7 Å². The number of rotatable bonds is 9. The Morgan fingerprint density at radius 2 is 2.00 bits per heavy atom. The Balaban J connectivity index is 2.28. The van der Waals surface area contributed by atoms with E-state index in [0.29, 0.717) is 5.56 Å². The van der Waals surface area contributed by atoms with Gasteiger partial charge in [0, 0.05) is 23.9 Å². The highest BCUT2D eigenvalue weighted by Gasteiger charge is 2.22. The number of carboxylic acid groups (broad SMARTS) is 1. The van der Waals surface area contributed by atoms with Crippen LogP contribution in [-0.2, 0) is 11.3 Å². The average Bonchev–Trinajstić information content (AvgIpc) is 2.63. The molecule has 0 aliphatic rings. The van der Waals surface area contributed by atoms with E-state index >= 15 is 0 Å². The fraction of sp³-hybridized carbons (Fsp3) is 0.235. The molecule has 2 aromatic rings. The number of carbonyl (C=O) groups is 1. The first-order chi connectivity index (χ1) is 12.4. The number of non-ortho nitro benzene ring substituents is 1. The van der Waals surface area contributed by atoms with Crippen molar-refractivity contribution in [1.82, 2.24) is 5.43 Å². The van der Waals surface area contributed by atoms with E-state index in [1.54, 1.807) is 0 Å². The number of carboxylic acids is 1. The first kappa shape index (κ1) is 19.0. The zero-order chi connectivity index (χ0) is 19.1. The quantitative estimate of drug-likeness (QED) is 0.460. The molecule has 3 N–H and O–H groups in total. The van der Waals surface area contributed by atoms with Crippen LogP contribution in [0.1, 0.15) is 12.5 Å². The van der Waals surface area contributed by atoms with E-state index < -0.39 is 17.0 Å². The molecule has 26 heavy (non-hydrogen) atoms. The number of methoxy groups -OCH3 is 1. The predicted molar refractivity (Wildman–Crippen MR) is 94.3 cm³/mol. The third-order valence-electron chi connectivity index (χ3n) is 3.48. The maximum atomic E-state index is 11.1. The van der Waals surface area contributed by atoms with Crippen LogP contribution >= 0.6 is 0 Å². The van der Waals surface area contributed by atoms with Crippen molar-refractivity contribution in [3.8, 4) is 11.5 Å². The highest BCUT2D eigenvalue weighted by molar-refractivity contribution is 5.72. The van der Waals surface area contributed by atoms with Crippen LogP contribution in [0.5, 0.6) is 11.5 Å². The van der Waals surface area contributed by atoms with Gasteiger partial charge in [0.25, 0.3) is 5.69 Å². The zero-order valence-corrected chi connectivity index (χ0v) is 14.3. The van der Waals surface area contributed by atoms with Gasteiger partial charge in [0.1, 0.15) is 0 Å². The number of hydrogen-bond acceptors (Lipinski definition) is 7. The van der Waals surface area contributed by atoms with Crippen LogP contribution < -0.4 is 20.3 Å². The maximum absolute atomic E-state index is 11.1. The van der Waals surface area contributed by atoms with Gasteiger partial charge in [-0.1, -0.05) is 18.2 Å². The van der Waals surface area contributed by atoms with Crippen molar-refractivity contribution < 1.29 is 24.3 Å². The lowest BCUT2D eigenvalue weighted by Crippen LogP contribution is -2.25. The Kier molecular flexibility index (Phi) is 6.34. The van der Waals surface area contributed by atoms with Crippen LogP contribution in [0.25, 0.3) is 0 Å². The smallest absolute Gasteiger partial charge is 0.344 e. The number of benzene rings is 2. The summed E-state index contributed by atoms with van der Waals surface area (Å²) in [4.78, 5) is 21.7. The van der Waals surface area contributed by atoms with E-state index in [1.807, 2.05) is 30.3 Å². The van der Waals surface area contributed by atoms with Gasteiger partial charge in [-0.15, -0.1) is 0 Å². The summed E-state index contributed by atoms with van der Waals surface area (Å²) in [6.45, 7) is 1.50. The highest BCUT2D eigenvalue weighted by atomic mass is 16.6. The van der Waals surface area contributed by atoms with Gasteiger partial charge >= 0.3 is 5.97 Å². The van der Waals surface area contributed by atoms with Crippen LogP contribution in [0.3, 0.4) is 0 Å². The van der Waals surface area contributed by atoms with Crippen LogP contribution in [0.15, 0.2) is 42.5 Å². The van der Waals surface area contributed by atoms with E-state index in [9.17, 15) is 14.9 Å². The Bertz CT molecular complexity index is 782. The molecule has 0 aliphatic heterocycles. The van der Waals surface area contributed by atoms with Gasteiger partial charge in [-0.2, -0.15) is 0 Å². The predicted octanol–water partition coefficient (Wildman–Crippen LogP) is 2.57. The normalized spacial score (nSPS) is 11.5. The van der Waals surface area contributed by atoms with Crippen molar-refractivity contribution >= 4 is 17.3 Å². The van der Waals surface area contributed by atoms with E-state index in [2.05, 4.69) is 10.9 Å². The fourth-order valence-corrected chi connectivity index (χ4v) is 2.16. The van der Waals surface area contributed by atoms with Crippen molar-refractivity contribution in [1.29, 1.82) is 0 Å². The van der Waals surface area contributed by atoms with Crippen molar-refractivity contribution in [2.75, 3.05) is 12.5 Å². The second kappa shape index (κ2) is 8.67. The molecule has 138 valence electrons. The van der Waals surface area contributed by atoms with Crippen molar-refractivity contribution in [3.05, 3.63) is 58.1 Å². The standard InChI is InChI=1S/C17H19N3O6/c1-11(17(21)22)26-16-12(8-14(20(23)24)9-15(16)25-2)10-18-19-13-6-4-3-5-7-13/h3-9,11,18-19H,10H2,1-2H3,(H,21,22). The van der Waals surface area contributed by atoms with Crippen molar-refractivity contribution in [3.63, 3.8) is 0 Å². The number of nitrogens with one attached hydrogen (secondary N) is 2. The van der Waals surface area contributed by atoms with Crippen LogP contribution in [0.4, 0.5) is 11.4 Å². The molecule has 0 saturated heterocycles. The third kappa shape index (κ3) is 4.84. The molecule has 1 unspecified atom stereocenters. The second-order valence-corrected chi connectivity index (χ2v) is 5.34. The van der Waals surface area contributed by atoms with Gasteiger partial charge in [-0.05, 0) is 19.1 Å². The summed E-state index contributed by atoms with van der Waals surface area (Å²) >= 11 is 0. The van der Waals surface area contributed by atoms with Crippen molar-refractivity contribution in [2.24, 2.45) is 0 Å². The molecule has 2 rings (SSSR count). The number of nitrogens with zero attached hydrogens (tertiary/aromatic N) is 1. The Morgan fingerprint density at radius 3 is 2.58 bits per heavy atom. The van der Waals surface area contributed by atoms with Crippen LogP contribution in [0, 0.1) is 10.1 Å². The van der Waals surface area contributed by atoms with Gasteiger partial charge in [0.15, 0.2) is 17.6 Å². The molecule has 1 atom stereocenters. The number of anilines is 1. The zero-order valence-electron chi connectivity index (χ0n) is 14.3. The molecular formula is C17H19N3O6. The molecule has 9 nitrogen and oxygen atoms in total. The van der Waals surface area contributed by atoms with Gasteiger partial charge in [-0.25, -0.2) is 10.2 Å². The van der Waals surface area contributed by atoms with Crippen LogP contribution in [0.2, 0.25) is 0 Å². The lowest BCUT2D eigenvalue weighted by atomic mass is 10.1. The summed E-state index contributed by atoms with van der Waals surface area (Å²) in [6, 6.07) is 11.8. The molecule has 0 radical (unpaired) electrons. The van der Waals surface area contributed by atoms with Gasteiger partial charge in [0.05, 0.1) is 18.1 Å². The van der Waals surface area contributed by atoms with Crippen molar-refractivity contribution in [2.45, 2.75) is 19.6 Å². The summed E-state index contributed by atoms with van der Waals surface area (Å²) in [6.07, 6.45) is -1.15. The van der Waals surface area contributed by atoms with Gasteiger partial charge in [0.2, 0.25) is 0 Å². The minimum atomic E-state index is -1.16. The Hall–Kier alpha value is -3.33. The average molecular weight is 361 g/mol. The fourth-order valence-electron chi connectivity index (χ4n) is 2.16. The molecule has 0 spiro atoms. The molecular weight excluding hydrogens is 342 g/mol. The van der Waals surface area contributed by atoms with Crippen LogP contribution in [-0.4, -0.2) is 29.2 Å². The monoisotopic (exact) mass is 361 g/mol. The molecule has 0 saturated carbocycles. The number of ether oxygens (including phenoxy) is 2. The molecule has 0 aromatic heterocycles. The van der Waals surface area contributed by atoms with E-state index in [1.165, 1.54) is 26.2 Å². The molecule has 0 bridgehead atoms. The number of hydrogen-bond donors (Lipinski definition) is 3. The highest BCUT2D eigenvalue weighted by Crippen LogP contribution is 2.36. The first-order valence-electron chi connectivity index (χ1n) is 7.71. The third-order valence-corrected chi connectivity index (χ3v) is 3.48. The molecule has 0 heterocycles. The second-order valence-electron chi connectivity index (χ2n) is 5.34. The number of hydrazine groups is 1. The Labute approximate surface area is 149 Å². The lowest BCUT2D eigenvalue weighted by molar-refractivity contribution is -0.385. The molecule has 0 amide bonds. The topological polar surface area (TPSA) is 123 Å². The molecule has 2 aromatic carbocycles. The van der Waals surface area contributed by atoms with Gasteiger partial charge in [-0.3, -0.25) is 10.1 Å². The minimum absolute atomic E-state index is 0.0869. The molecule has 0 aliphatic carbocycles. The maximum Gasteiger partial charge on any atom is 0.344 e. The summed E-state index contributed by atoms with van der Waals surface area (Å²) < 4.78 is 10.6. The number of para-hydroxylation sites is 1. The summed E-state index contributed by atoms with van der Waals surface area (Å²) in [7, 11) is 1.33. The lowest BCUT2D eigenvalue weighted by Gasteiger charge is -2.18. The number of aliphatic carboxylic acids is 1. The first-order valence-corrected chi connectivity index (χ1v) is 7.71. The summed E-state index contributed by atoms with van der Waals surface area (Å²) in [5.41, 5.74) is 6.87. The largest absolute Gasteiger partial charge is 0.493 e. The minimum Gasteiger partial charge on any atom is -0.493 e. The number of nitro benzene ring substituents is 1. The van der Waals surface area contributed by atoms with E-state index in [4.69, 9.17) is 14.6 Å². The molecule has 0 fully saturated rings. The summed E-state index contributed by atoms with van der Waals surface area (Å²) in [5, 5.41) is 20.2.